The predicted molar refractivity (Wildman–Crippen MR) is 135 cm³/mol. The first-order valence-corrected chi connectivity index (χ1v) is 11.0. The van der Waals surface area contributed by atoms with Crippen molar-refractivity contribution < 1.29 is 9.59 Å². The zero-order chi connectivity index (χ0) is 23.8. The number of amides is 2. The van der Waals surface area contributed by atoms with Gasteiger partial charge in [0.05, 0.1) is 6.54 Å². The van der Waals surface area contributed by atoms with E-state index >= 15 is 0 Å². The van der Waals surface area contributed by atoms with E-state index in [4.69, 9.17) is 0 Å². The Labute approximate surface area is 198 Å². The van der Waals surface area contributed by atoms with Crippen LogP contribution in [0.4, 0.5) is 5.69 Å². The highest BCUT2D eigenvalue weighted by Crippen LogP contribution is 2.24. The predicted octanol–water partition coefficient (Wildman–Crippen LogP) is 4.89. The average Bonchev–Trinajstić information content (AvgIpc) is 3.36. The molecule has 2 amide bonds. The molecule has 2 N–H and O–H groups in total. The van der Waals surface area contributed by atoms with Gasteiger partial charge in [0.2, 0.25) is 11.8 Å². The van der Waals surface area contributed by atoms with Crippen molar-refractivity contribution in [2.24, 2.45) is 0 Å². The highest BCUT2D eigenvalue weighted by molar-refractivity contribution is 5.92. The molecule has 0 aliphatic heterocycles. The number of anilines is 1. The summed E-state index contributed by atoms with van der Waals surface area (Å²) in [7, 11) is 0. The van der Waals surface area contributed by atoms with Gasteiger partial charge in [-0.05, 0) is 52.1 Å². The first-order valence-electron chi connectivity index (χ1n) is 11.0. The van der Waals surface area contributed by atoms with Crippen molar-refractivity contribution >= 4 is 23.6 Å². The lowest BCUT2D eigenvalue weighted by Gasteiger charge is -2.11. The Balaban J connectivity index is 1.37. The largest absolute Gasteiger partial charge is 0.348 e. The molecular weight excluding hydrogens is 424 g/mol. The fourth-order valence-electron chi connectivity index (χ4n) is 3.62. The molecule has 1 heterocycles. The third-order valence-corrected chi connectivity index (χ3v) is 5.30. The van der Waals surface area contributed by atoms with Gasteiger partial charge in [0.25, 0.3) is 0 Å². The van der Waals surface area contributed by atoms with Crippen LogP contribution in [-0.4, -0.2) is 21.6 Å². The molecule has 0 bridgehead atoms. The van der Waals surface area contributed by atoms with Crippen molar-refractivity contribution in [1.29, 1.82) is 0 Å². The average molecular weight is 451 g/mol. The minimum atomic E-state index is -0.171. The number of benzene rings is 3. The number of nitrogens with one attached hydrogen (secondary N) is 2. The van der Waals surface area contributed by atoms with Gasteiger partial charge in [-0.25, -0.2) is 0 Å². The number of hydrogen-bond acceptors (Lipinski definition) is 3. The first kappa shape index (κ1) is 22.7. The topological polar surface area (TPSA) is 76.0 Å². The smallest absolute Gasteiger partial charge is 0.244 e. The normalized spacial score (nSPS) is 10.9. The van der Waals surface area contributed by atoms with Gasteiger partial charge in [0.15, 0.2) is 0 Å². The molecule has 1 aromatic heterocycles. The van der Waals surface area contributed by atoms with E-state index in [2.05, 4.69) is 46.1 Å². The van der Waals surface area contributed by atoms with E-state index in [1.807, 2.05) is 47.3 Å². The van der Waals surface area contributed by atoms with Gasteiger partial charge in [0.1, 0.15) is 0 Å². The van der Waals surface area contributed by atoms with Crippen molar-refractivity contribution in [3.8, 4) is 11.1 Å². The minimum absolute atomic E-state index is 0.117. The van der Waals surface area contributed by atoms with Crippen LogP contribution in [0.25, 0.3) is 17.2 Å². The summed E-state index contributed by atoms with van der Waals surface area (Å²) in [6.45, 7) is 2.62. The summed E-state index contributed by atoms with van der Waals surface area (Å²) in [6, 6.07) is 25.7. The summed E-state index contributed by atoms with van der Waals surface area (Å²) in [6.07, 6.45) is 6.98. The van der Waals surface area contributed by atoms with Crippen LogP contribution in [0.2, 0.25) is 0 Å². The number of carbonyl (C=O) groups is 2. The van der Waals surface area contributed by atoms with Gasteiger partial charge < -0.3 is 10.6 Å². The van der Waals surface area contributed by atoms with Gasteiger partial charge in [-0.15, -0.1) is 0 Å². The summed E-state index contributed by atoms with van der Waals surface area (Å²) < 4.78 is 1.89. The summed E-state index contributed by atoms with van der Waals surface area (Å²) in [5.41, 5.74) is 6.01. The Morgan fingerprint density at radius 1 is 0.941 bits per heavy atom. The molecular formula is C28H26N4O2. The lowest BCUT2D eigenvalue weighted by Crippen LogP contribution is -2.20. The maximum Gasteiger partial charge on any atom is 0.244 e. The molecule has 0 atom stereocenters. The standard InChI is InChI=1S/C28H26N4O2/c1-21(33)31-26-14-9-22(10-15-26)11-16-28(34)29-19-25-5-2-3-6-27(25)24-12-7-23(8-13-24)20-32-18-4-17-30-32/h2-18H,19-20H2,1H3,(H,29,34)(H,31,33)/b16-11+. The number of carbonyl (C=O) groups excluding carboxylic acids is 2. The van der Waals surface area contributed by atoms with Crippen LogP contribution < -0.4 is 10.6 Å². The third kappa shape index (κ3) is 6.29. The molecule has 34 heavy (non-hydrogen) atoms. The van der Waals surface area contributed by atoms with Crippen LogP contribution in [0.1, 0.15) is 23.6 Å². The monoisotopic (exact) mass is 450 g/mol. The second-order valence-electron chi connectivity index (χ2n) is 7.91. The molecule has 6 heteroatoms. The molecule has 0 saturated carbocycles. The summed E-state index contributed by atoms with van der Waals surface area (Å²) in [5.74, 6) is -0.288. The van der Waals surface area contributed by atoms with Gasteiger partial charge in [-0.1, -0.05) is 60.7 Å². The highest BCUT2D eigenvalue weighted by atomic mass is 16.2. The minimum Gasteiger partial charge on any atom is -0.348 e. The van der Waals surface area contributed by atoms with E-state index in [0.717, 1.165) is 34.5 Å². The van der Waals surface area contributed by atoms with E-state index < -0.39 is 0 Å². The van der Waals surface area contributed by atoms with Crippen molar-refractivity contribution in [3.63, 3.8) is 0 Å². The van der Waals surface area contributed by atoms with Crippen LogP contribution in [0.15, 0.2) is 97.3 Å². The van der Waals surface area contributed by atoms with Crippen molar-refractivity contribution in [1.82, 2.24) is 15.1 Å². The molecule has 0 saturated heterocycles. The maximum absolute atomic E-state index is 12.4. The summed E-state index contributed by atoms with van der Waals surface area (Å²) in [5, 5.41) is 9.94. The molecule has 0 radical (unpaired) electrons. The molecule has 0 fully saturated rings. The molecule has 4 rings (SSSR count). The second kappa shape index (κ2) is 10.9. The molecule has 0 aliphatic carbocycles. The highest BCUT2D eigenvalue weighted by Gasteiger charge is 2.06. The Morgan fingerprint density at radius 2 is 1.71 bits per heavy atom. The van der Waals surface area contributed by atoms with Gasteiger partial charge >= 0.3 is 0 Å². The van der Waals surface area contributed by atoms with Crippen LogP contribution in [0.5, 0.6) is 0 Å². The number of nitrogens with zero attached hydrogens (tertiary/aromatic N) is 2. The van der Waals surface area contributed by atoms with Gasteiger partial charge in [-0.3, -0.25) is 14.3 Å². The fraction of sp³-hybridized carbons (Fsp3) is 0.107. The van der Waals surface area contributed by atoms with Crippen LogP contribution in [0.3, 0.4) is 0 Å². The molecule has 6 nitrogen and oxygen atoms in total. The second-order valence-corrected chi connectivity index (χ2v) is 7.91. The third-order valence-electron chi connectivity index (χ3n) is 5.30. The van der Waals surface area contributed by atoms with E-state index in [-0.39, 0.29) is 11.8 Å². The van der Waals surface area contributed by atoms with E-state index in [9.17, 15) is 9.59 Å². The lowest BCUT2D eigenvalue weighted by molar-refractivity contribution is -0.116. The van der Waals surface area contributed by atoms with Crippen molar-refractivity contribution in [2.45, 2.75) is 20.0 Å². The lowest BCUT2D eigenvalue weighted by atomic mass is 9.98. The van der Waals surface area contributed by atoms with Gasteiger partial charge in [-0.2, -0.15) is 5.10 Å². The quantitative estimate of drug-likeness (QED) is 0.376. The molecule has 0 aliphatic rings. The summed E-state index contributed by atoms with van der Waals surface area (Å²) in [4.78, 5) is 23.5. The Bertz CT molecular complexity index is 1280. The van der Waals surface area contributed by atoms with Gasteiger partial charge in [0, 0.05) is 37.6 Å². The Hall–Kier alpha value is -4.45. The van der Waals surface area contributed by atoms with Crippen molar-refractivity contribution in [3.05, 3.63) is 114 Å². The summed E-state index contributed by atoms with van der Waals surface area (Å²) >= 11 is 0. The number of hydrogen-bond donors (Lipinski definition) is 2. The van der Waals surface area contributed by atoms with Crippen molar-refractivity contribution in [2.75, 3.05) is 5.32 Å². The van der Waals surface area contributed by atoms with E-state index in [1.165, 1.54) is 18.6 Å². The van der Waals surface area contributed by atoms with Crippen LogP contribution in [0, 0.1) is 0 Å². The SMILES string of the molecule is CC(=O)Nc1ccc(/C=C/C(=O)NCc2ccccc2-c2ccc(Cn3cccn3)cc2)cc1. The molecule has 0 spiro atoms. The van der Waals surface area contributed by atoms with Crippen LogP contribution in [-0.2, 0) is 22.7 Å². The Kier molecular flexibility index (Phi) is 7.30. The first-order chi connectivity index (χ1) is 16.6. The zero-order valence-corrected chi connectivity index (χ0v) is 18.9. The Morgan fingerprint density at radius 3 is 2.41 bits per heavy atom. The van der Waals surface area contributed by atoms with E-state index in [1.54, 1.807) is 24.4 Å². The molecule has 4 aromatic rings. The maximum atomic E-state index is 12.4. The fourth-order valence-corrected chi connectivity index (χ4v) is 3.62. The number of aromatic nitrogens is 2. The molecule has 3 aromatic carbocycles. The van der Waals surface area contributed by atoms with E-state index in [0.29, 0.717) is 6.54 Å². The molecule has 0 unspecified atom stereocenters. The van der Waals surface area contributed by atoms with Crippen LogP contribution >= 0.6 is 0 Å². The number of rotatable bonds is 8. The zero-order valence-electron chi connectivity index (χ0n) is 18.9. The molecule has 170 valence electrons.